The first-order valence-electron chi connectivity index (χ1n) is 9.90. The fourth-order valence-electron chi connectivity index (χ4n) is 3.85. The Labute approximate surface area is 169 Å². The molecule has 1 saturated carbocycles. The Morgan fingerprint density at radius 3 is 2.38 bits per heavy atom. The van der Waals surface area contributed by atoms with Crippen LogP contribution in [0.3, 0.4) is 0 Å². The number of benzene rings is 1. The molecule has 2 aliphatic rings. The number of pyridine rings is 1. The normalized spacial score (nSPS) is 19.4. The van der Waals surface area contributed by atoms with E-state index < -0.39 is 6.04 Å². The van der Waals surface area contributed by atoms with Crippen molar-refractivity contribution in [3.63, 3.8) is 0 Å². The third kappa shape index (κ3) is 3.41. The van der Waals surface area contributed by atoms with Gasteiger partial charge in [-0.2, -0.15) is 0 Å². The summed E-state index contributed by atoms with van der Waals surface area (Å²) in [6.45, 7) is 4.23. The molecule has 1 aliphatic heterocycles. The van der Waals surface area contributed by atoms with Crippen LogP contribution in [0.25, 0.3) is 0 Å². The zero-order valence-electron chi connectivity index (χ0n) is 16.9. The van der Waals surface area contributed by atoms with Gasteiger partial charge in [0, 0.05) is 31.0 Å². The van der Waals surface area contributed by atoms with Crippen LogP contribution in [0, 0.1) is 6.92 Å². The van der Waals surface area contributed by atoms with Crippen LogP contribution in [0.5, 0.6) is 5.75 Å². The fourth-order valence-corrected chi connectivity index (χ4v) is 3.85. The lowest BCUT2D eigenvalue weighted by molar-refractivity contribution is -0.124. The zero-order chi connectivity index (χ0) is 20.7. The van der Waals surface area contributed by atoms with Crippen LogP contribution in [-0.4, -0.2) is 47.5 Å². The number of rotatable bonds is 4. The van der Waals surface area contributed by atoms with E-state index in [1.807, 2.05) is 18.2 Å². The largest absolute Gasteiger partial charge is 0.497 e. The average molecular weight is 395 g/mol. The number of hydrogen-bond acceptors (Lipinski definition) is 4. The van der Waals surface area contributed by atoms with Crippen molar-refractivity contribution in [3.8, 4) is 5.75 Å². The first-order chi connectivity index (χ1) is 13.9. The Morgan fingerprint density at radius 2 is 1.76 bits per heavy atom. The van der Waals surface area contributed by atoms with Crippen molar-refractivity contribution in [3.05, 3.63) is 58.0 Å². The maximum absolute atomic E-state index is 13.2. The third-order valence-electron chi connectivity index (χ3n) is 5.78. The molecule has 0 N–H and O–H groups in total. The molecule has 1 saturated heterocycles. The summed E-state index contributed by atoms with van der Waals surface area (Å²) in [5, 5.41) is 0. The van der Waals surface area contributed by atoms with Crippen molar-refractivity contribution in [2.45, 2.75) is 38.8 Å². The summed E-state index contributed by atoms with van der Waals surface area (Å²) in [7, 11) is 1.59. The second-order valence-electron chi connectivity index (χ2n) is 7.68. The SMILES string of the molecule is COc1ccc(N2CCN(C(=O)c3c(C)ccn(C4CC4)c3=O)C(C)C2=O)cc1. The molecule has 0 bridgehead atoms. The van der Waals surface area contributed by atoms with E-state index >= 15 is 0 Å². The number of methoxy groups -OCH3 is 1. The molecule has 1 aliphatic carbocycles. The Hall–Kier alpha value is -3.09. The highest BCUT2D eigenvalue weighted by Crippen LogP contribution is 2.33. The highest BCUT2D eigenvalue weighted by atomic mass is 16.5. The molecule has 1 unspecified atom stereocenters. The van der Waals surface area contributed by atoms with E-state index in [0.29, 0.717) is 18.7 Å². The molecule has 1 aromatic carbocycles. The zero-order valence-corrected chi connectivity index (χ0v) is 16.9. The number of aromatic nitrogens is 1. The van der Waals surface area contributed by atoms with Gasteiger partial charge in [-0.05, 0) is 62.6 Å². The Balaban J connectivity index is 1.58. The molecular weight excluding hydrogens is 370 g/mol. The molecule has 1 aromatic heterocycles. The van der Waals surface area contributed by atoms with E-state index in [4.69, 9.17) is 4.74 Å². The van der Waals surface area contributed by atoms with Crippen molar-refractivity contribution >= 4 is 17.5 Å². The smallest absolute Gasteiger partial charge is 0.263 e. The first kappa shape index (κ1) is 19.2. The molecule has 0 radical (unpaired) electrons. The second kappa shape index (κ2) is 7.39. The van der Waals surface area contributed by atoms with Gasteiger partial charge in [-0.1, -0.05) is 0 Å². The van der Waals surface area contributed by atoms with Crippen molar-refractivity contribution in [2.24, 2.45) is 0 Å². The van der Waals surface area contributed by atoms with E-state index in [1.165, 1.54) is 4.90 Å². The minimum absolute atomic E-state index is 0.161. The molecule has 2 aromatic rings. The summed E-state index contributed by atoms with van der Waals surface area (Å²) >= 11 is 0. The lowest BCUT2D eigenvalue weighted by Gasteiger charge is -2.39. The van der Waals surface area contributed by atoms with Gasteiger partial charge in [-0.3, -0.25) is 14.4 Å². The second-order valence-corrected chi connectivity index (χ2v) is 7.68. The summed E-state index contributed by atoms with van der Waals surface area (Å²) in [5.74, 6) is 0.193. The Kier molecular flexibility index (Phi) is 4.90. The maximum Gasteiger partial charge on any atom is 0.263 e. The first-order valence-corrected chi connectivity index (χ1v) is 9.90. The predicted molar refractivity (Wildman–Crippen MR) is 110 cm³/mol. The fraction of sp³-hybridized carbons (Fsp3) is 0.409. The summed E-state index contributed by atoms with van der Waals surface area (Å²) in [4.78, 5) is 42.3. The van der Waals surface area contributed by atoms with Gasteiger partial charge in [0.1, 0.15) is 17.4 Å². The van der Waals surface area contributed by atoms with Crippen LogP contribution < -0.4 is 15.2 Å². The number of anilines is 1. The van der Waals surface area contributed by atoms with Gasteiger partial charge >= 0.3 is 0 Å². The van der Waals surface area contributed by atoms with Gasteiger partial charge in [0.25, 0.3) is 11.5 Å². The third-order valence-corrected chi connectivity index (χ3v) is 5.78. The van der Waals surface area contributed by atoms with Crippen molar-refractivity contribution in [2.75, 3.05) is 25.1 Å². The van der Waals surface area contributed by atoms with Gasteiger partial charge in [0.2, 0.25) is 5.91 Å². The number of carbonyl (C=O) groups excluding carboxylic acids is 2. The van der Waals surface area contributed by atoms with Gasteiger partial charge in [-0.15, -0.1) is 0 Å². The summed E-state index contributed by atoms with van der Waals surface area (Å²) < 4.78 is 6.82. The van der Waals surface area contributed by atoms with E-state index in [2.05, 4.69) is 0 Å². The van der Waals surface area contributed by atoms with Crippen molar-refractivity contribution in [1.29, 1.82) is 0 Å². The number of ether oxygens (including phenoxy) is 1. The van der Waals surface area contributed by atoms with E-state index in [9.17, 15) is 14.4 Å². The van der Waals surface area contributed by atoms with Gasteiger partial charge in [0.15, 0.2) is 0 Å². The van der Waals surface area contributed by atoms with Gasteiger partial charge in [0.05, 0.1) is 7.11 Å². The number of carbonyl (C=O) groups is 2. The topological polar surface area (TPSA) is 71.8 Å². The Morgan fingerprint density at radius 1 is 1.07 bits per heavy atom. The van der Waals surface area contributed by atoms with E-state index in [1.54, 1.807) is 48.8 Å². The number of hydrogen-bond donors (Lipinski definition) is 0. The number of amides is 2. The molecule has 1 atom stereocenters. The van der Waals surface area contributed by atoms with E-state index in [-0.39, 0.29) is 29.0 Å². The van der Waals surface area contributed by atoms with Crippen LogP contribution in [0.15, 0.2) is 41.3 Å². The molecule has 2 heterocycles. The molecule has 2 amide bonds. The van der Waals surface area contributed by atoms with Crippen LogP contribution in [0.1, 0.15) is 41.7 Å². The Bertz CT molecular complexity index is 1010. The standard InChI is InChI=1S/C22H25N3O4/c1-14-10-11-24(16-4-5-16)22(28)19(14)21(27)23-12-13-25(20(26)15(23)2)17-6-8-18(29-3)9-7-17/h6-11,15-16H,4-5,12-13H2,1-3H3. The molecule has 4 rings (SSSR count). The average Bonchev–Trinajstić information content (AvgIpc) is 3.55. The lowest BCUT2D eigenvalue weighted by atomic mass is 10.1. The minimum Gasteiger partial charge on any atom is -0.497 e. The molecule has 7 heteroatoms. The molecular formula is C22H25N3O4. The quantitative estimate of drug-likeness (QED) is 0.797. The van der Waals surface area contributed by atoms with Crippen molar-refractivity contribution in [1.82, 2.24) is 9.47 Å². The number of piperazine rings is 1. The highest BCUT2D eigenvalue weighted by Gasteiger charge is 2.37. The number of aryl methyl sites for hydroxylation is 1. The maximum atomic E-state index is 13.2. The molecule has 29 heavy (non-hydrogen) atoms. The highest BCUT2D eigenvalue weighted by molar-refractivity contribution is 6.03. The molecule has 152 valence electrons. The van der Waals surface area contributed by atoms with Gasteiger partial charge in [-0.25, -0.2) is 0 Å². The number of nitrogens with zero attached hydrogens (tertiary/aromatic N) is 3. The summed E-state index contributed by atoms with van der Waals surface area (Å²) in [6, 6.07) is 8.63. The van der Waals surface area contributed by atoms with Crippen LogP contribution in [-0.2, 0) is 4.79 Å². The molecule has 0 spiro atoms. The van der Waals surface area contributed by atoms with Crippen LogP contribution in [0.4, 0.5) is 5.69 Å². The predicted octanol–water partition coefficient (Wildman–Crippen LogP) is 2.38. The summed E-state index contributed by atoms with van der Waals surface area (Å²) in [5.41, 5.74) is 1.34. The van der Waals surface area contributed by atoms with Gasteiger partial charge < -0.3 is 19.1 Å². The molecule has 2 fully saturated rings. The van der Waals surface area contributed by atoms with Crippen LogP contribution >= 0.6 is 0 Å². The van der Waals surface area contributed by atoms with E-state index in [0.717, 1.165) is 24.3 Å². The minimum atomic E-state index is -0.647. The van der Waals surface area contributed by atoms with Crippen molar-refractivity contribution < 1.29 is 14.3 Å². The lowest BCUT2D eigenvalue weighted by Crippen LogP contribution is -2.58. The summed E-state index contributed by atoms with van der Waals surface area (Å²) in [6.07, 6.45) is 3.69. The van der Waals surface area contributed by atoms with Crippen LogP contribution in [0.2, 0.25) is 0 Å². The molecule has 7 nitrogen and oxygen atoms in total. The monoisotopic (exact) mass is 395 g/mol.